The van der Waals surface area contributed by atoms with Crippen LogP contribution in [-0.2, 0) is 7.05 Å². The van der Waals surface area contributed by atoms with Crippen LogP contribution in [0.2, 0.25) is 0 Å². The second-order valence-corrected chi connectivity index (χ2v) is 5.76. The van der Waals surface area contributed by atoms with Gasteiger partial charge in [-0.05, 0) is 29.8 Å². The number of rotatable bonds is 3. The summed E-state index contributed by atoms with van der Waals surface area (Å²) in [7, 11) is 3.37. The van der Waals surface area contributed by atoms with Gasteiger partial charge in [0, 0.05) is 18.7 Å². The van der Waals surface area contributed by atoms with Gasteiger partial charge < -0.3 is 13.8 Å². The summed E-state index contributed by atoms with van der Waals surface area (Å²) < 4.78 is 12.3. The van der Waals surface area contributed by atoms with Gasteiger partial charge in [-0.25, -0.2) is 0 Å². The van der Waals surface area contributed by atoms with Crippen LogP contribution in [0.3, 0.4) is 0 Å². The van der Waals surface area contributed by atoms with Crippen molar-refractivity contribution in [3.63, 3.8) is 0 Å². The Kier molecular flexibility index (Phi) is 3.61. The molecule has 0 aliphatic rings. The number of fused-ring (bicyclic) bond motifs is 1. The topological polar surface area (TPSA) is 57.3 Å². The van der Waals surface area contributed by atoms with Gasteiger partial charge in [-0.15, -0.1) is 0 Å². The summed E-state index contributed by atoms with van der Waals surface area (Å²) in [5.74, 6) is 0.746. The Morgan fingerprint density at radius 3 is 2.40 bits per heavy atom. The fraction of sp³-hybridized carbons (Fsp3) is 0.100. The highest BCUT2D eigenvalue weighted by Crippen LogP contribution is 2.29. The Hall–Kier alpha value is -3.34. The molecule has 5 heteroatoms. The highest BCUT2D eigenvalue weighted by Gasteiger charge is 2.18. The maximum Gasteiger partial charge on any atom is 0.264 e. The lowest BCUT2D eigenvalue weighted by Gasteiger charge is -2.08. The molecule has 0 saturated heterocycles. The molecular formula is C20H16N2O3. The molecule has 0 atom stereocenters. The van der Waals surface area contributed by atoms with Crippen molar-refractivity contribution in [1.82, 2.24) is 9.72 Å². The van der Waals surface area contributed by atoms with Crippen molar-refractivity contribution in [2.24, 2.45) is 7.05 Å². The molecule has 0 fully saturated rings. The van der Waals surface area contributed by atoms with Gasteiger partial charge in [-0.2, -0.15) is 0 Å². The van der Waals surface area contributed by atoms with Gasteiger partial charge in [0.15, 0.2) is 5.58 Å². The second-order valence-electron chi connectivity index (χ2n) is 5.76. The van der Waals surface area contributed by atoms with E-state index in [9.17, 15) is 4.79 Å². The minimum absolute atomic E-state index is 0.136. The van der Waals surface area contributed by atoms with Gasteiger partial charge in [-0.3, -0.25) is 4.79 Å². The molecule has 0 aliphatic heterocycles. The first-order valence-electron chi connectivity index (χ1n) is 7.88. The van der Waals surface area contributed by atoms with E-state index in [0.717, 1.165) is 22.6 Å². The number of benzene rings is 2. The van der Waals surface area contributed by atoms with Crippen LogP contribution < -0.4 is 10.3 Å². The van der Waals surface area contributed by atoms with Crippen molar-refractivity contribution < 1.29 is 9.26 Å². The normalized spacial score (nSPS) is 11.0. The highest BCUT2D eigenvalue weighted by atomic mass is 16.5. The van der Waals surface area contributed by atoms with E-state index in [1.165, 1.54) is 0 Å². The largest absolute Gasteiger partial charge is 0.497 e. The molecule has 2 aromatic heterocycles. The number of pyridine rings is 1. The van der Waals surface area contributed by atoms with Crippen LogP contribution in [0.15, 0.2) is 70.0 Å². The summed E-state index contributed by atoms with van der Waals surface area (Å²) >= 11 is 0. The molecule has 5 nitrogen and oxygen atoms in total. The van der Waals surface area contributed by atoms with Crippen LogP contribution >= 0.6 is 0 Å². The molecule has 0 aliphatic carbocycles. The first-order valence-corrected chi connectivity index (χ1v) is 7.88. The number of hydrogen-bond acceptors (Lipinski definition) is 4. The number of nitrogens with zero attached hydrogens (tertiary/aromatic N) is 2. The zero-order chi connectivity index (χ0) is 17.4. The van der Waals surface area contributed by atoms with E-state index in [0.29, 0.717) is 16.7 Å². The number of ether oxygens (including phenoxy) is 1. The Morgan fingerprint density at radius 1 is 1.00 bits per heavy atom. The zero-order valence-electron chi connectivity index (χ0n) is 13.9. The maximum atomic E-state index is 12.9. The van der Waals surface area contributed by atoms with Gasteiger partial charge >= 0.3 is 0 Å². The minimum atomic E-state index is -0.136. The molecule has 25 heavy (non-hydrogen) atoms. The lowest BCUT2D eigenvalue weighted by molar-refractivity contribution is 0.415. The van der Waals surface area contributed by atoms with Crippen molar-refractivity contribution in [3.8, 4) is 28.3 Å². The summed E-state index contributed by atoms with van der Waals surface area (Å²) in [6.07, 6.45) is 0. The van der Waals surface area contributed by atoms with E-state index in [1.807, 2.05) is 60.7 Å². The van der Waals surface area contributed by atoms with Gasteiger partial charge in [0.05, 0.1) is 12.8 Å². The van der Waals surface area contributed by atoms with Crippen molar-refractivity contribution in [3.05, 3.63) is 71.0 Å². The molecule has 0 amide bonds. The Morgan fingerprint density at radius 2 is 1.72 bits per heavy atom. The third kappa shape index (κ3) is 2.50. The summed E-state index contributed by atoms with van der Waals surface area (Å²) in [6.45, 7) is 0. The third-order valence-electron chi connectivity index (χ3n) is 4.30. The van der Waals surface area contributed by atoms with Gasteiger partial charge in [0.25, 0.3) is 5.56 Å². The van der Waals surface area contributed by atoms with E-state index in [1.54, 1.807) is 18.7 Å². The molecule has 0 unspecified atom stereocenters. The molecular weight excluding hydrogens is 316 g/mol. The van der Waals surface area contributed by atoms with E-state index in [-0.39, 0.29) is 5.56 Å². The molecule has 4 aromatic rings. The molecule has 0 radical (unpaired) electrons. The quantitative estimate of drug-likeness (QED) is 0.571. The SMILES string of the molecule is COc1ccc(-c2noc3cc(-c4ccccc4)n(C)c(=O)c23)cc1. The molecule has 2 heterocycles. The predicted molar refractivity (Wildman–Crippen MR) is 96.7 cm³/mol. The molecule has 4 rings (SSSR count). The average molecular weight is 332 g/mol. The number of methoxy groups -OCH3 is 1. The van der Waals surface area contributed by atoms with E-state index >= 15 is 0 Å². The van der Waals surface area contributed by atoms with Crippen LogP contribution in [0.4, 0.5) is 0 Å². The third-order valence-corrected chi connectivity index (χ3v) is 4.30. The second kappa shape index (κ2) is 5.94. The zero-order valence-corrected chi connectivity index (χ0v) is 13.9. The molecule has 124 valence electrons. The maximum absolute atomic E-state index is 12.9. The van der Waals surface area contributed by atoms with E-state index < -0.39 is 0 Å². The van der Waals surface area contributed by atoms with Gasteiger partial charge in [-0.1, -0.05) is 35.5 Å². The van der Waals surface area contributed by atoms with Crippen LogP contribution in [0.25, 0.3) is 33.5 Å². The molecule has 0 spiro atoms. The number of hydrogen-bond donors (Lipinski definition) is 0. The van der Waals surface area contributed by atoms with Crippen molar-refractivity contribution in [1.29, 1.82) is 0 Å². The van der Waals surface area contributed by atoms with Crippen LogP contribution in [0, 0.1) is 0 Å². The highest BCUT2D eigenvalue weighted by molar-refractivity contribution is 5.92. The van der Waals surface area contributed by atoms with Gasteiger partial charge in [0.2, 0.25) is 0 Å². The van der Waals surface area contributed by atoms with Crippen LogP contribution in [-0.4, -0.2) is 16.8 Å². The fourth-order valence-electron chi connectivity index (χ4n) is 2.94. The summed E-state index contributed by atoms with van der Waals surface area (Å²) in [4.78, 5) is 12.9. The molecule has 2 aromatic carbocycles. The van der Waals surface area contributed by atoms with E-state index in [2.05, 4.69) is 5.16 Å². The Bertz CT molecular complexity index is 1090. The lowest BCUT2D eigenvalue weighted by atomic mass is 10.1. The first-order chi connectivity index (χ1) is 12.2. The smallest absolute Gasteiger partial charge is 0.264 e. The number of aromatic nitrogens is 2. The van der Waals surface area contributed by atoms with Crippen molar-refractivity contribution in [2.75, 3.05) is 7.11 Å². The van der Waals surface area contributed by atoms with E-state index in [4.69, 9.17) is 9.26 Å². The Labute approximate surface area is 144 Å². The summed E-state index contributed by atoms with van der Waals surface area (Å²) in [6, 6.07) is 19.0. The molecule has 0 saturated carbocycles. The average Bonchev–Trinajstić information content (AvgIpc) is 3.09. The standard InChI is InChI=1S/C20H16N2O3/c1-22-16(13-6-4-3-5-7-13)12-17-18(20(22)23)19(21-25-17)14-8-10-15(24-2)11-9-14/h3-12H,1-2H3. The van der Waals surface area contributed by atoms with Gasteiger partial charge in [0.1, 0.15) is 16.8 Å². The molecule has 0 bridgehead atoms. The predicted octanol–water partition coefficient (Wildman–Crippen LogP) is 3.87. The fourth-order valence-corrected chi connectivity index (χ4v) is 2.94. The van der Waals surface area contributed by atoms with Crippen LogP contribution in [0.5, 0.6) is 5.75 Å². The van der Waals surface area contributed by atoms with Crippen molar-refractivity contribution >= 4 is 11.0 Å². The summed E-state index contributed by atoms with van der Waals surface area (Å²) in [5, 5.41) is 4.61. The lowest BCUT2D eigenvalue weighted by Crippen LogP contribution is -2.18. The first kappa shape index (κ1) is 15.2. The molecule has 0 N–H and O–H groups in total. The van der Waals surface area contributed by atoms with Crippen LogP contribution in [0.1, 0.15) is 0 Å². The Balaban J connectivity index is 1.92. The summed E-state index contributed by atoms with van der Waals surface area (Å²) in [5.41, 5.74) is 3.43. The minimum Gasteiger partial charge on any atom is -0.497 e. The van der Waals surface area contributed by atoms with Crippen molar-refractivity contribution in [2.45, 2.75) is 0 Å². The monoisotopic (exact) mass is 332 g/mol.